The molecule has 3 heteroatoms. The molecule has 1 saturated carbocycles. The maximum Gasteiger partial charge on any atom is 0.0945 e. The van der Waals surface area contributed by atoms with Gasteiger partial charge in [0.05, 0.1) is 18.8 Å². The first kappa shape index (κ1) is 13.4. The lowest BCUT2D eigenvalue weighted by Gasteiger charge is -2.16. The second kappa shape index (κ2) is 6.76. The average molecular weight is 249 g/mol. The zero-order valence-corrected chi connectivity index (χ0v) is 11.1. The Bertz CT molecular complexity index is 344. The summed E-state index contributed by atoms with van der Waals surface area (Å²) in [6, 6.07) is 8.17. The van der Waals surface area contributed by atoms with E-state index in [1.807, 2.05) is 12.1 Å². The lowest BCUT2D eigenvalue weighted by atomic mass is 10.2. The molecule has 0 saturated heterocycles. The van der Waals surface area contributed by atoms with E-state index in [-0.39, 0.29) is 0 Å². The first-order valence-electron chi connectivity index (χ1n) is 6.84. The topological polar surface area (TPSA) is 41.5 Å². The smallest absolute Gasteiger partial charge is 0.0945 e. The van der Waals surface area contributed by atoms with Crippen LogP contribution in [-0.4, -0.2) is 30.5 Å². The standard InChI is InChI=1S/C15H23NO2/c1-12-6-8-13(9-7-12)16-10-14(17)11-18-15-4-2-3-5-15/h6-9,14-17H,2-5,10-11H2,1H3. The van der Waals surface area contributed by atoms with E-state index in [4.69, 9.17) is 4.74 Å². The summed E-state index contributed by atoms with van der Waals surface area (Å²) in [4.78, 5) is 0. The minimum absolute atomic E-state index is 0.374. The number of anilines is 1. The Morgan fingerprint density at radius 2 is 1.94 bits per heavy atom. The maximum atomic E-state index is 9.84. The van der Waals surface area contributed by atoms with E-state index >= 15 is 0 Å². The second-order valence-electron chi connectivity index (χ2n) is 5.14. The molecule has 2 rings (SSSR count). The number of benzene rings is 1. The number of hydrogen-bond donors (Lipinski definition) is 2. The van der Waals surface area contributed by atoms with Crippen molar-refractivity contribution in [3.05, 3.63) is 29.8 Å². The third-order valence-electron chi connectivity index (χ3n) is 3.42. The third-order valence-corrected chi connectivity index (χ3v) is 3.42. The largest absolute Gasteiger partial charge is 0.389 e. The van der Waals surface area contributed by atoms with Crippen molar-refractivity contribution in [1.82, 2.24) is 0 Å². The molecule has 0 radical (unpaired) electrons. The molecule has 1 aliphatic rings. The summed E-state index contributed by atoms with van der Waals surface area (Å²) in [6.45, 7) is 3.04. The van der Waals surface area contributed by atoms with Gasteiger partial charge in [-0.3, -0.25) is 0 Å². The fraction of sp³-hybridized carbons (Fsp3) is 0.600. The highest BCUT2D eigenvalue weighted by atomic mass is 16.5. The quantitative estimate of drug-likeness (QED) is 0.814. The van der Waals surface area contributed by atoms with Crippen LogP contribution in [0.15, 0.2) is 24.3 Å². The predicted octanol–water partition coefficient (Wildman–Crippen LogP) is 2.73. The Hall–Kier alpha value is -1.06. The van der Waals surface area contributed by atoms with Gasteiger partial charge in [0.25, 0.3) is 0 Å². The van der Waals surface area contributed by atoms with E-state index in [1.165, 1.54) is 18.4 Å². The molecule has 18 heavy (non-hydrogen) atoms. The first-order chi connectivity index (χ1) is 8.74. The van der Waals surface area contributed by atoms with Crippen LogP contribution in [0.5, 0.6) is 0 Å². The summed E-state index contributed by atoms with van der Waals surface area (Å²) in [6.07, 6.45) is 4.77. The Morgan fingerprint density at radius 1 is 1.28 bits per heavy atom. The van der Waals surface area contributed by atoms with E-state index in [9.17, 15) is 5.11 Å². The molecule has 2 N–H and O–H groups in total. The van der Waals surface area contributed by atoms with Gasteiger partial charge in [-0.15, -0.1) is 0 Å². The number of nitrogens with one attached hydrogen (secondary N) is 1. The van der Waals surface area contributed by atoms with Gasteiger partial charge in [-0.25, -0.2) is 0 Å². The summed E-state index contributed by atoms with van der Waals surface area (Å²) < 4.78 is 5.68. The lowest BCUT2D eigenvalue weighted by Crippen LogP contribution is -2.27. The molecule has 1 fully saturated rings. The van der Waals surface area contributed by atoms with Crippen LogP contribution in [0.4, 0.5) is 5.69 Å². The van der Waals surface area contributed by atoms with E-state index in [0.29, 0.717) is 19.3 Å². The SMILES string of the molecule is Cc1ccc(NCC(O)COC2CCCC2)cc1. The van der Waals surface area contributed by atoms with Gasteiger partial charge >= 0.3 is 0 Å². The van der Waals surface area contributed by atoms with Crippen molar-refractivity contribution in [2.24, 2.45) is 0 Å². The van der Waals surface area contributed by atoms with Crippen molar-refractivity contribution < 1.29 is 9.84 Å². The summed E-state index contributed by atoms with van der Waals surface area (Å²) in [5.41, 5.74) is 2.28. The second-order valence-corrected chi connectivity index (χ2v) is 5.14. The Morgan fingerprint density at radius 3 is 2.61 bits per heavy atom. The lowest BCUT2D eigenvalue weighted by molar-refractivity contribution is -0.00117. The number of ether oxygens (including phenoxy) is 1. The van der Waals surface area contributed by atoms with E-state index in [0.717, 1.165) is 18.5 Å². The third kappa shape index (κ3) is 4.31. The summed E-state index contributed by atoms with van der Waals surface area (Å²) in [7, 11) is 0. The van der Waals surface area contributed by atoms with Crippen LogP contribution in [0.3, 0.4) is 0 Å². The van der Waals surface area contributed by atoms with E-state index in [2.05, 4.69) is 24.4 Å². The monoisotopic (exact) mass is 249 g/mol. The van der Waals surface area contributed by atoms with Crippen LogP contribution in [0.2, 0.25) is 0 Å². The molecule has 0 aliphatic heterocycles. The van der Waals surface area contributed by atoms with Crippen LogP contribution < -0.4 is 5.32 Å². The Labute approximate surface area is 109 Å². The van der Waals surface area contributed by atoms with Gasteiger partial charge < -0.3 is 15.2 Å². The van der Waals surface area contributed by atoms with Crippen molar-refractivity contribution in [1.29, 1.82) is 0 Å². The van der Waals surface area contributed by atoms with Crippen LogP contribution in [0.1, 0.15) is 31.2 Å². The maximum absolute atomic E-state index is 9.84. The van der Waals surface area contributed by atoms with Crippen molar-refractivity contribution in [2.45, 2.75) is 44.8 Å². The van der Waals surface area contributed by atoms with Gasteiger partial charge in [-0.2, -0.15) is 0 Å². The molecule has 1 aliphatic carbocycles. The van der Waals surface area contributed by atoms with Crippen LogP contribution >= 0.6 is 0 Å². The molecule has 0 bridgehead atoms. The molecule has 1 aromatic rings. The van der Waals surface area contributed by atoms with Gasteiger partial charge in [-0.1, -0.05) is 30.5 Å². The highest BCUT2D eigenvalue weighted by molar-refractivity contribution is 5.44. The fourth-order valence-electron chi connectivity index (χ4n) is 2.27. The number of hydrogen-bond acceptors (Lipinski definition) is 3. The van der Waals surface area contributed by atoms with Crippen molar-refractivity contribution in [3.63, 3.8) is 0 Å². The van der Waals surface area contributed by atoms with Crippen molar-refractivity contribution >= 4 is 5.69 Å². The normalized spacial score (nSPS) is 17.9. The van der Waals surface area contributed by atoms with E-state index in [1.54, 1.807) is 0 Å². The zero-order valence-electron chi connectivity index (χ0n) is 11.1. The highest BCUT2D eigenvalue weighted by Crippen LogP contribution is 2.20. The van der Waals surface area contributed by atoms with Gasteiger partial charge in [0, 0.05) is 12.2 Å². The van der Waals surface area contributed by atoms with Gasteiger partial charge in [0.2, 0.25) is 0 Å². The molecule has 1 atom stereocenters. The van der Waals surface area contributed by atoms with Gasteiger partial charge in [0.15, 0.2) is 0 Å². The van der Waals surface area contributed by atoms with Crippen LogP contribution in [-0.2, 0) is 4.74 Å². The highest BCUT2D eigenvalue weighted by Gasteiger charge is 2.16. The Kier molecular flexibility index (Phi) is 5.02. The molecular weight excluding hydrogens is 226 g/mol. The molecule has 0 heterocycles. The molecule has 100 valence electrons. The van der Waals surface area contributed by atoms with Crippen molar-refractivity contribution in [2.75, 3.05) is 18.5 Å². The van der Waals surface area contributed by atoms with E-state index < -0.39 is 6.10 Å². The van der Waals surface area contributed by atoms with Gasteiger partial charge in [-0.05, 0) is 31.9 Å². The minimum atomic E-state index is -0.438. The predicted molar refractivity (Wildman–Crippen MR) is 73.9 cm³/mol. The summed E-state index contributed by atoms with van der Waals surface area (Å²) >= 11 is 0. The minimum Gasteiger partial charge on any atom is -0.389 e. The number of aliphatic hydroxyl groups is 1. The number of rotatable bonds is 6. The average Bonchev–Trinajstić information content (AvgIpc) is 2.89. The summed E-state index contributed by atoms with van der Waals surface area (Å²) in [5.74, 6) is 0. The molecule has 1 unspecified atom stereocenters. The number of aryl methyl sites for hydroxylation is 1. The van der Waals surface area contributed by atoms with Crippen LogP contribution in [0, 0.1) is 6.92 Å². The molecule has 0 aromatic heterocycles. The fourth-order valence-corrected chi connectivity index (χ4v) is 2.27. The first-order valence-corrected chi connectivity index (χ1v) is 6.84. The number of aliphatic hydroxyl groups excluding tert-OH is 1. The molecule has 3 nitrogen and oxygen atoms in total. The van der Waals surface area contributed by atoms with Gasteiger partial charge in [0.1, 0.15) is 0 Å². The zero-order chi connectivity index (χ0) is 12.8. The molecule has 0 spiro atoms. The van der Waals surface area contributed by atoms with Crippen LogP contribution in [0.25, 0.3) is 0 Å². The van der Waals surface area contributed by atoms with Crippen molar-refractivity contribution in [3.8, 4) is 0 Å². The molecule has 1 aromatic carbocycles. The summed E-state index contributed by atoms with van der Waals surface area (Å²) in [5, 5.41) is 13.1. The Balaban J connectivity index is 1.64. The molecular formula is C15H23NO2. The molecule has 0 amide bonds.